The van der Waals surface area contributed by atoms with Crippen LogP contribution in [0.25, 0.3) is 44.2 Å². The standard InChI is InChI=1S/C42H26ClN/c43-33-12-8-11-32(26-33)42(40-17-5-3-15-38(40)39-16-4-6-18-41(39)42)31-10-7-9-30(25-31)35-24-23-34(36-13-1-2-14-37(35)36)29-21-19-28(27-44)20-22-29/h1-26H. The van der Waals surface area contributed by atoms with Gasteiger partial charge in [-0.05, 0) is 96.7 Å². The molecule has 0 heterocycles. The second-order valence-electron chi connectivity index (χ2n) is 11.3. The van der Waals surface area contributed by atoms with Gasteiger partial charge in [0.2, 0.25) is 0 Å². The van der Waals surface area contributed by atoms with Gasteiger partial charge in [-0.15, -0.1) is 0 Å². The number of hydrogen-bond donors (Lipinski definition) is 0. The van der Waals surface area contributed by atoms with Crippen LogP contribution in [0.1, 0.15) is 27.8 Å². The van der Waals surface area contributed by atoms with Gasteiger partial charge in [0.15, 0.2) is 0 Å². The Hall–Kier alpha value is -5.42. The van der Waals surface area contributed by atoms with E-state index in [0.29, 0.717) is 5.56 Å². The Morgan fingerprint density at radius 1 is 0.455 bits per heavy atom. The molecule has 0 fully saturated rings. The molecule has 0 N–H and O–H groups in total. The highest BCUT2D eigenvalue weighted by atomic mass is 35.5. The molecule has 1 aliphatic rings. The predicted molar refractivity (Wildman–Crippen MR) is 182 cm³/mol. The van der Waals surface area contributed by atoms with E-state index in [0.717, 1.165) is 27.3 Å². The Morgan fingerprint density at radius 2 is 1.00 bits per heavy atom. The Labute approximate surface area is 262 Å². The normalized spacial score (nSPS) is 12.8. The van der Waals surface area contributed by atoms with Crippen LogP contribution in [0.4, 0.5) is 0 Å². The van der Waals surface area contributed by atoms with Crippen molar-refractivity contribution in [2.45, 2.75) is 5.41 Å². The van der Waals surface area contributed by atoms with E-state index >= 15 is 0 Å². The van der Waals surface area contributed by atoms with Crippen LogP contribution in [0, 0.1) is 11.3 Å². The fourth-order valence-corrected chi connectivity index (χ4v) is 7.38. The largest absolute Gasteiger partial charge is 0.192 e. The molecule has 0 bridgehead atoms. The highest BCUT2D eigenvalue weighted by molar-refractivity contribution is 6.30. The fraction of sp³-hybridized carbons (Fsp3) is 0.0238. The van der Waals surface area contributed by atoms with E-state index < -0.39 is 5.41 Å². The number of halogens is 1. The molecule has 7 aromatic rings. The summed E-state index contributed by atoms with van der Waals surface area (Å²) in [6, 6.07) is 58.0. The summed E-state index contributed by atoms with van der Waals surface area (Å²) in [4.78, 5) is 0. The Bertz CT molecular complexity index is 2210. The lowest BCUT2D eigenvalue weighted by molar-refractivity contribution is 0.769. The lowest BCUT2D eigenvalue weighted by Gasteiger charge is -2.34. The van der Waals surface area contributed by atoms with E-state index in [2.05, 4.69) is 133 Å². The van der Waals surface area contributed by atoms with Crippen molar-refractivity contribution in [1.82, 2.24) is 0 Å². The highest BCUT2D eigenvalue weighted by Gasteiger charge is 2.46. The smallest absolute Gasteiger partial charge is 0.0991 e. The third kappa shape index (κ3) is 3.93. The fourth-order valence-electron chi connectivity index (χ4n) is 7.19. The first-order valence-electron chi connectivity index (χ1n) is 14.8. The van der Waals surface area contributed by atoms with Crippen LogP contribution in [0.15, 0.2) is 158 Å². The van der Waals surface area contributed by atoms with Gasteiger partial charge < -0.3 is 0 Å². The number of rotatable bonds is 4. The van der Waals surface area contributed by atoms with Gasteiger partial charge >= 0.3 is 0 Å². The van der Waals surface area contributed by atoms with Crippen molar-refractivity contribution in [3.8, 4) is 39.4 Å². The summed E-state index contributed by atoms with van der Waals surface area (Å²) < 4.78 is 0. The predicted octanol–water partition coefficient (Wildman–Crippen LogP) is 11.1. The van der Waals surface area contributed by atoms with E-state index in [9.17, 15) is 5.26 Å². The first-order valence-corrected chi connectivity index (χ1v) is 15.1. The summed E-state index contributed by atoms with van der Waals surface area (Å²) >= 11 is 6.69. The van der Waals surface area contributed by atoms with Gasteiger partial charge in [-0.1, -0.05) is 139 Å². The minimum absolute atomic E-state index is 0.521. The van der Waals surface area contributed by atoms with E-state index in [4.69, 9.17) is 11.6 Å². The van der Waals surface area contributed by atoms with Crippen LogP contribution < -0.4 is 0 Å². The Kier molecular flexibility index (Phi) is 6.19. The lowest BCUT2D eigenvalue weighted by atomic mass is 9.67. The van der Waals surface area contributed by atoms with Crippen molar-refractivity contribution in [3.63, 3.8) is 0 Å². The van der Waals surface area contributed by atoms with E-state index in [1.165, 1.54) is 44.2 Å². The molecule has 0 amide bonds. The molecule has 0 unspecified atom stereocenters. The van der Waals surface area contributed by atoms with Crippen LogP contribution in [-0.4, -0.2) is 0 Å². The van der Waals surface area contributed by atoms with Gasteiger partial charge in [0.1, 0.15) is 0 Å². The quantitative estimate of drug-likeness (QED) is 0.203. The summed E-state index contributed by atoms with van der Waals surface area (Å²) in [6.07, 6.45) is 0. The Morgan fingerprint density at radius 3 is 1.61 bits per heavy atom. The average molecular weight is 580 g/mol. The summed E-state index contributed by atoms with van der Waals surface area (Å²) in [7, 11) is 0. The zero-order valence-corrected chi connectivity index (χ0v) is 24.6. The van der Waals surface area contributed by atoms with Crippen molar-refractivity contribution >= 4 is 22.4 Å². The SMILES string of the molecule is N#Cc1ccc(-c2ccc(-c3cccc(C4(c5cccc(Cl)c5)c5ccccc5-c5ccccc54)c3)c3ccccc23)cc1. The van der Waals surface area contributed by atoms with Crippen LogP contribution >= 0.6 is 11.6 Å². The molecule has 0 spiro atoms. The van der Waals surface area contributed by atoms with Gasteiger partial charge in [-0.2, -0.15) is 5.26 Å². The van der Waals surface area contributed by atoms with Crippen molar-refractivity contribution in [2.75, 3.05) is 0 Å². The van der Waals surface area contributed by atoms with Crippen molar-refractivity contribution in [3.05, 3.63) is 191 Å². The second-order valence-corrected chi connectivity index (χ2v) is 11.8. The molecular weight excluding hydrogens is 554 g/mol. The number of benzene rings is 7. The van der Waals surface area contributed by atoms with Crippen molar-refractivity contribution < 1.29 is 0 Å². The van der Waals surface area contributed by atoms with Crippen LogP contribution in [0.2, 0.25) is 5.02 Å². The van der Waals surface area contributed by atoms with Crippen LogP contribution in [0.5, 0.6) is 0 Å². The summed E-state index contributed by atoms with van der Waals surface area (Å²) in [5.74, 6) is 0. The maximum absolute atomic E-state index is 9.29. The number of fused-ring (bicyclic) bond motifs is 4. The number of nitriles is 1. The molecule has 0 saturated carbocycles. The van der Waals surface area contributed by atoms with Crippen LogP contribution in [0.3, 0.4) is 0 Å². The molecule has 1 nitrogen and oxygen atoms in total. The molecule has 0 aromatic heterocycles. The topological polar surface area (TPSA) is 23.8 Å². The molecular formula is C42H26ClN. The van der Waals surface area contributed by atoms with E-state index in [1.54, 1.807) is 0 Å². The molecule has 0 aliphatic heterocycles. The second kappa shape index (κ2) is 10.4. The summed E-state index contributed by atoms with van der Waals surface area (Å²) in [5.41, 5.74) is 12.1. The van der Waals surface area contributed by atoms with Crippen molar-refractivity contribution in [1.29, 1.82) is 5.26 Å². The Balaban J connectivity index is 1.37. The molecule has 0 atom stereocenters. The summed E-state index contributed by atoms with van der Waals surface area (Å²) in [5, 5.41) is 12.4. The summed E-state index contributed by atoms with van der Waals surface area (Å²) in [6.45, 7) is 0. The zero-order chi connectivity index (χ0) is 29.7. The highest BCUT2D eigenvalue weighted by Crippen LogP contribution is 2.56. The first kappa shape index (κ1) is 26.2. The molecule has 0 saturated heterocycles. The molecule has 206 valence electrons. The van der Waals surface area contributed by atoms with E-state index in [-0.39, 0.29) is 0 Å². The van der Waals surface area contributed by atoms with E-state index in [1.807, 2.05) is 30.3 Å². The maximum atomic E-state index is 9.29. The molecule has 1 aliphatic carbocycles. The third-order valence-corrected chi connectivity index (χ3v) is 9.30. The molecule has 2 heteroatoms. The number of nitrogens with zero attached hydrogens (tertiary/aromatic N) is 1. The monoisotopic (exact) mass is 579 g/mol. The van der Waals surface area contributed by atoms with Gasteiger partial charge in [-0.25, -0.2) is 0 Å². The maximum Gasteiger partial charge on any atom is 0.0991 e. The zero-order valence-electron chi connectivity index (χ0n) is 23.8. The van der Waals surface area contributed by atoms with Crippen molar-refractivity contribution in [2.24, 2.45) is 0 Å². The molecule has 44 heavy (non-hydrogen) atoms. The van der Waals surface area contributed by atoms with Crippen LogP contribution in [-0.2, 0) is 5.41 Å². The van der Waals surface area contributed by atoms with Gasteiger partial charge in [0.05, 0.1) is 17.0 Å². The van der Waals surface area contributed by atoms with Gasteiger partial charge in [-0.3, -0.25) is 0 Å². The molecule has 7 aromatic carbocycles. The molecule has 0 radical (unpaired) electrons. The minimum Gasteiger partial charge on any atom is -0.192 e. The van der Waals surface area contributed by atoms with Gasteiger partial charge in [0.25, 0.3) is 0 Å². The minimum atomic E-state index is -0.521. The number of hydrogen-bond acceptors (Lipinski definition) is 1. The third-order valence-electron chi connectivity index (χ3n) is 9.07. The molecule has 8 rings (SSSR count). The average Bonchev–Trinajstić information content (AvgIpc) is 3.39. The first-order chi connectivity index (χ1) is 21.7. The van der Waals surface area contributed by atoms with Gasteiger partial charge in [0, 0.05) is 5.02 Å². The lowest BCUT2D eigenvalue weighted by Crippen LogP contribution is -2.28.